The smallest absolute Gasteiger partial charge is 0.226 e. The number of amides is 1. The number of carbonyl (C=O) groups is 1. The first kappa shape index (κ1) is 15.8. The first-order valence-corrected chi connectivity index (χ1v) is 8.23. The highest BCUT2D eigenvalue weighted by Crippen LogP contribution is 2.19. The van der Waals surface area contributed by atoms with E-state index in [1.54, 1.807) is 12.3 Å². The number of rotatable bonds is 4. The molecular formula is C17H18FN5O2. The summed E-state index contributed by atoms with van der Waals surface area (Å²) < 4.78 is 20.2. The van der Waals surface area contributed by atoms with Crippen LogP contribution in [0, 0.1) is 11.7 Å². The number of hydrogen-bond donors (Lipinski definition) is 2. The topological polar surface area (TPSA) is 85.0 Å². The predicted octanol–water partition coefficient (Wildman–Crippen LogP) is 1.24. The van der Waals surface area contributed by atoms with E-state index in [2.05, 4.69) is 20.9 Å². The molecule has 2 aromatic heterocycles. The summed E-state index contributed by atoms with van der Waals surface area (Å²) in [5, 5.41) is 15.2. The Hall–Kier alpha value is -2.74. The summed E-state index contributed by atoms with van der Waals surface area (Å²) in [6, 6.07) is 6.28. The van der Waals surface area contributed by atoms with Crippen molar-refractivity contribution in [1.82, 2.24) is 25.6 Å². The third-order valence-electron chi connectivity index (χ3n) is 4.44. The number of hydrogen-bond acceptors (Lipinski definition) is 5. The number of benzene rings is 1. The van der Waals surface area contributed by atoms with Crippen LogP contribution in [-0.4, -0.2) is 33.9 Å². The number of halogens is 1. The predicted molar refractivity (Wildman–Crippen MR) is 88.1 cm³/mol. The number of nitrogens with one attached hydrogen (secondary N) is 2. The zero-order valence-corrected chi connectivity index (χ0v) is 13.5. The summed E-state index contributed by atoms with van der Waals surface area (Å²) >= 11 is 0. The molecule has 0 spiro atoms. The van der Waals surface area contributed by atoms with Crippen LogP contribution in [0.1, 0.15) is 11.4 Å². The molecule has 0 saturated carbocycles. The summed E-state index contributed by atoms with van der Waals surface area (Å²) in [4.78, 5) is 12.4. The van der Waals surface area contributed by atoms with E-state index in [0.29, 0.717) is 43.9 Å². The average molecular weight is 343 g/mol. The van der Waals surface area contributed by atoms with E-state index < -0.39 is 0 Å². The van der Waals surface area contributed by atoms with Crippen molar-refractivity contribution in [2.45, 2.75) is 19.5 Å². The van der Waals surface area contributed by atoms with Crippen molar-refractivity contribution < 1.29 is 13.7 Å². The first-order valence-electron chi connectivity index (χ1n) is 8.23. The van der Waals surface area contributed by atoms with Crippen molar-refractivity contribution in [3.8, 4) is 0 Å². The summed E-state index contributed by atoms with van der Waals surface area (Å²) in [5.74, 6) is -0.554. The molecule has 130 valence electrons. The van der Waals surface area contributed by atoms with Crippen molar-refractivity contribution in [2.24, 2.45) is 5.92 Å². The molecule has 1 amide bonds. The molecule has 7 nitrogen and oxygen atoms in total. The Morgan fingerprint density at radius 3 is 3.28 bits per heavy atom. The Morgan fingerprint density at radius 2 is 2.36 bits per heavy atom. The van der Waals surface area contributed by atoms with E-state index in [1.165, 1.54) is 12.1 Å². The third kappa shape index (κ3) is 3.25. The molecule has 0 radical (unpaired) electrons. The SMILES string of the molecule is O=C(NCCc1noc2cc(F)ccc12)C1CNCc2ccnn2C1. The minimum Gasteiger partial charge on any atom is -0.356 e. The fraction of sp³-hybridized carbons (Fsp3) is 0.353. The van der Waals surface area contributed by atoms with Gasteiger partial charge in [-0.05, 0) is 18.2 Å². The van der Waals surface area contributed by atoms with Gasteiger partial charge in [0.25, 0.3) is 0 Å². The molecular weight excluding hydrogens is 325 g/mol. The second-order valence-electron chi connectivity index (χ2n) is 6.14. The molecule has 3 aromatic rings. The van der Waals surface area contributed by atoms with Crippen LogP contribution in [0.2, 0.25) is 0 Å². The van der Waals surface area contributed by atoms with Crippen molar-refractivity contribution in [3.63, 3.8) is 0 Å². The van der Waals surface area contributed by atoms with Crippen molar-refractivity contribution >= 4 is 16.9 Å². The van der Waals surface area contributed by atoms with Gasteiger partial charge >= 0.3 is 0 Å². The standard InChI is InChI=1S/C17H18FN5O2/c18-12-1-2-14-15(22-25-16(14)7-12)4-5-20-17(24)11-8-19-9-13-3-6-21-23(13)10-11/h1-3,6-7,11,19H,4-5,8-10H2,(H,20,24). The molecule has 8 heteroatoms. The Labute approximate surface area is 143 Å². The van der Waals surface area contributed by atoms with E-state index in [0.717, 1.165) is 11.1 Å². The zero-order valence-electron chi connectivity index (χ0n) is 13.5. The van der Waals surface area contributed by atoms with Gasteiger partial charge in [-0.25, -0.2) is 4.39 Å². The van der Waals surface area contributed by atoms with Crippen LogP contribution in [0.25, 0.3) is 11.0 Å². The second-order valence-corrected chi connectivity index (χ2v) is 6.14. The van der Waals surface area contributed by atoms with E-state index in [9.17, 15) is 9.18 Å². The lowest BCUT2D eigenvalue weighted by Gasteiger charge is -2.14. The lowest BCUT2D eigenvalue weighted by Crippen LogP contribution is -2.38. The van der Waals surface area contributed by atoms with Crippen molar-refractivity contribution in [1.29, 1.82) is 0 Å². The van der Waals surface area contributed by atoms with Gasteiger partial charge in [-0.3, -0.25) is 9.48 Å². The number of aromatic nitrogens is 3. The van der Waals surface area contributed by atoms with E-state index in [4.69, 9.17) is 4.52 Å². The molecule has 2 N–H and O–H groups in total. The van der Waals surface area contributed by atoms with Gasteiger partial charge in [0.2, 0.25) is 5.91 Å². The monoisotopic (exact) mass is 343 g/mol. The van der Waals surface area contributed by atoms with Crippen LogP contribution >= 0.6 is 0 Å². The highest BCUT2D eigenvalue weighted by Gasteiger charge is 2.23. The van der Waals surface area contributed by atoms with Crippen LogP contribution in [0.3, 0.4) is 0 Å². The van der Waals surface area contributed by atoms with Gasteiger partial charge in [0.05, 0.1) is 23.9 Å². The van der Waals surface area contributed by atoms with Crippen LogP contribution in [0.5, 0.6) is 0 Å². The van der Waals surface area contributed by atoms with Crippen molar-refractivity contribution in [2.75, 3.05) is 13.1 Å². The van der Waals surface area contributed by atoms with Crippen LogP contribution < -0.4 is 10.6 Å². The van der Waals surface area contributed by atoms with Gasteiger partial charge in [0.1, 0.15) is 5.82 Å². The number of carbonyl (C=O) groups excluding carboxylic acids is 1. The lowest BCUT2D eigenvalue weighted by atomic mass is 10.1. The Bertz CT molecular complexity index is 903. The molecule has 0 aliphatic carbocycles. The van der Waals surface area contributed by atoms with E-state index in [1.807, 2.05) is 10.7 Å². The fourth-order valence-corrected chi connectivity index (χ4v) is 3.09. The maximum Gasteiger partial charge on any atom is 0.226 e. The van der Waals surface area contributed by atoms with Crippen molar-refractivity contribution in [3.05, 3.63) is 47.7 Å². The molecule has 1 atom stereocenters. The van der Waals surface area contributed by atoms with Gasteiger partial charge < -0.3 is 15.2 Å². The molecule has 0 saturated heterocycles. The molecule has 1 aliphatic heterocycles. The molecule has 0 fully saturated rings. The molecule has 1 unspecified atom stereocenters. The summed E-state index contributed by atoms with van der Waals surface area (Å²) in [6.07, 6.45) is 2.27. The Kier molecular flexibility index (Phi) is 4.19. The molecule has 1 aromatic carbocycles. The minimum atomic E-state index is -0.359. The maximum atomic E-state index is 13.2. The van der Waals surface area contributed by atoms with Gasteiger partial charge in [0, 0.05) is 43.7 Å². The highest BCUT2D eigenvalue weighted by atomic mass is 19.1. The summed E-state index contributed by atoms with van der Waals surface area (Å²) in [7, 11) is 0. The van der Waals surface area contributed by atoms with Crippen LogP contribution in [0.4, 0.5) is 4.39 Å². The summed E-state index contributed by atoms with van der Waals surface area (Å²) in [6.45, 7) is 2.33. The minimum absolute atomic E-state index is 0.0188. The fourth-order valence-electron chi connectivity index (χ4n) is 3.09. The van der Waals surface area contributed by atoms with Crippen LogP contribution in [-0.2, 0) is 24.3 Å². The largest absolute Gasteiger partial charge is 0.356 e. The number of fused-ring (bicyclic) bond motifs is 2. The Morgan fingerprint density at radius 1 is 1.44 bits per heavy atom. The van der Waals surface area contributed by atoms with E-state index in [-0.39, 0.29) is 17.6 Å². The molecule has 0 bridgehead atoms. The quantitative estimate of drug-likeness (QED) is 0.745. The third-order valence-corrected chi connectivity index (χ3v) is 4.44. The molecule has 1 aliphatic rings. The number of nitrogens with zero attached hydrogens (tertiary/aromatic N) is 3. The summed E-state index contributed by atoms with van der Waals surface area (Å²) in [5.41, 5.74) is 2.21. The average Bonchev–Trinajstić information content (AvgIpc) is 3.15. The highest BCUT2D eigenvalue weighted by molar-refractivity contribution is 5.80. The van der Waals surface area contributed by atoms with Gasteiger partial charge in [-0.2, -0.15) is 5.10 Å². The second kappa shape index (κ2) is 6.64. The first-order chi connectivity index (χ1) is 12.2. The molecule has 25 heavy (non-hydrogen) atoms. The van der Waals surface area contributed by atoms with E-state index >= 15 is 0 Å². The Balaban J connectivity index is 1.35. The van der Waals surface area contributed by atoms with Gasteiger partial charge in [0.15, 0.2) is 5.58 Å². The maximum absolute atomic E-state index is 13.2. The molecule has 4 rings (SSSR count). The molecule has 3 heterocycles. The van der Waals surface area contributed by atoms with Gasteiger partial charge in [-0.1, -0.05) is 5.16 Å². The van der Waals surface area contributed by atoms with Crippen LogP contribution in [0.15, 0.2) is 35.0 Å². The normalized spacial score (nSPS) is 17.2. The van der Waals surface area contributed by atoms with Gasteiger partial charge in [-0.15, -0.1) is 0 Å². The zero-order chi connectivity index (χ0) is 17.2. The lowest BCUT2D eigenvalue weighted by molar-refractivity contribution is -0.125.